The SMILES string of the molecule is N#Cc1cc(CCO)ccc1OCc1nc2ccc(C(=O)O)cc2o1. The molecule has 7 heteroatoms. The Hall–Kier alpha value is -3.37. The van der Waals surface area contributed by atoms with Crippen molar-refractivity contribution in [1.29, 1.82) is 5.26 Å². The van der Waals surface area contributed by atoms with Crippen LogP contribution in [0.3, 0.4) is 0 Å². The highest BCUT2D eigenvalue weighted by molar-refractivity contribution is 5.91. The van der Waals surface area contributed by atoms with Gasteiger partial charge in [0.25, 0.3) is 0 Å². The Labute approximate surface area is 142 Å². The number of aromatic nitrogens is 1. The average molecular weight is 338 g/mol. The first-order valence-electron chi connectivity index (χ1n) is 7.50. The quantitative estimate of drug-likeness (QED) is 0.709. The molecule has 7 nitrogen and oxygen atoms in total. The number of aliphatic hydroxyl groups is 1. The van der Waals surface area contributed by atoms with Crippen molar-refractivity contribution in [2.24, 2.45) is 0 Å². The molecule has 0 aliphatic rings. The second-order valence-corrected chi connectivity index (χ2v) is 5.30. The van der Waals surface area contributed by atoms with Crippen molar-refractivity contribution in [3.05, 3.63) is 59.0 Å². The number of carboxylic acids is 1. The number of aromatic carboxylic acids is 1. The predicted molar refractivity (Wildman–Crippen MR) is 87.2 cm³/mol. The van der Waals surface area contributed by atoms with Crippen LogP contribution in [0.2, 0.25) is 0 Å². The zero-order chi connectivity index (χ0) is 17.8. The summed E-state index contributed by atoms with van der Waals surface area (Å²) in [5.41, 5.74) is 2.20. The minimum absolute atomic E-state index is 0.00507. The molecular formula is C18H14N2O5. The molecule has 0 bridgehead atoms. The van der Waals surface area contributed by atoms with Crippen LogP contribution < -0.4 is 4.74 Å². The number of aliphatic hydroxyl groups excluding tert-OH is 1. The van der Waals surface area contributed by atoms with E-state index in [2.05, 4.69) is 11.1 Å². The second-order valence-electron chi connectivity index (χ2n) is 5.30. The smallest absolute Gasteiger partial charge is 0.335 e. The van der Waals surface area contributed by atoms with Gasteiger partial charge in [-0.3, -0.25) is 0 Å². The van der Waals surface area contributed by atoms with E-state index in [-0.39, 0.29) is 24.7 Å². The van der Waals surface area contributed by atoms with Crippen LogP contribution in [0.1, 0.15) is 27.4 Å². The fourth-order valence-corrected chi connectivity index (χ4v) is 2.38. The lowest BCUT2D eigenvalue weighted by Gasteiger charge is -2.07. The van der Waals surface area contributed by atoms with Gasteiger partial charge in [-0.15, -0.1) is 0 Å². The molecule has 0 amide bonds. The minimum atomic E-state index is -1.04. The van der Waals surface area contributed by atoms with E-state index in [0.717, 1.165) is 5.56 Å². The fraction of sp³-hybridized carbons (Fsp3) is 0.167. The Kier molecular flexibility index (Phi) is 4.64. The van der Waals surface area contributed by atoms with Crippen molar-refractivity contribution in [3.63, 3.8) is 0 Å². The maximum absolute atomic E-state index is 11.0. The zero-order valence-corrected chi connectivity index (χ0v) is 13.1. The highest BCUT2D eigenvalue weighted by Gasteiger charge is 2.11. The lowest BCUT2D eigenvalue weighted by atomic mass is 10.1. The maximum Gasteiger partial charge on any atom is 0.335 e. The highest BCUT2D eigenvalue weighted by atomic mass is 16.5. The number of nitrogens with zero attached hydrogens (tertiary/aromatic N) is 2. The Morgan fingerprint density at radius 2 is 2.12 bits per heavy atom. The topological polar surface area (TPSA) is 117 Å². The minimum Gasteiger partial charge on any atom is -0.482 e. The predicted octanol–water partition coefficient (Wildman–Crippen LogP) is 2.51. The summed E-state index contributed by atoms with van der Waals surface area (Å²) in [6.07, 6.45) is 0.464. The second kappa shape index (κ2) is 7.03. The molecule has 25 heavy (non-hydrogen) atoms. The monoisotopic (exact) mass is 338 g/mol. The molecular weight excluding hydrogens is 324 g/mol. The Bertz CT molecular complexity index is 971. The first kappa shape index (κ1) is 16.5. The molecule has 2 aromatic carbocycles. The fourth-order valence-electron chi connectivity index (χ4n) is 2.38. The van der Waals surface area contributed by atoms with Crippen molar-refractivity contribution in [2.45, 2.75) is 13.0 Å². The van der Waals surface area contributed by atoms with Crippen molar-refractivity contribution in [2.75, 3.05) is 6.61 Å². The van der Waals surface area contributed by atoms with Crippen LogP contribution in [-0.2, 0) is 13.0 Å². The van der Waals surface area contributed by atoms with Crippen molar-refractivity contribution < 1.29 is 24.2 Å². The van der Waals surface area contributed by atoms with Gasteiger partial charge in [0.05, 0.1) is 11.1 Å². The van der Waals surface area contributed by atoms with Crippen molar-refractivity contribution >= 4 is 17.1 Å². The Morgan fingerprint density at radius 1 is 1.28 bits per heavy atom. The van der Waals surface area contributed by atoms with E-state index in [1.54, 1.807) is 24.3 Å². The van der Waals surface area contributed by atoms with Gasteiger partial charge in [0, 0.05) is 6.61 Å². The molecule has 0 unspecified atom stereocenters. The van der Waals surface area contributed by atoms with E-state index < -0.39 is 5.97 Å². The number of carboxylic acid groups (broad SMARTS) is 1. The molecule has 0 spiro atoms. The van der Waals surface area contributed by atoms with Gasteiger partial charge >= 0.3 is 5.97 Å². The molecule has 0 atom stereocenters. The summed E-state index contributed by atoms with van der Waals surface area (Å²) in [6, 6.07) is 11.6. The first-order valence-corrected chi connectivity index (χ1v) is 7.50. The molecule has 126 valence electrons. The summed E-state index contributed by atoms with van der Waals surface area (Å²) >= 11 is 0. The zero-order valence-electron chi connectivity index (χ0n) is 13.1. The Morgan fingerprint density at radius 3 is 2.84 bits per heavy atom. The summed E-state index contributed by atoms with van der Waals surface area (Å²) in [5, 5.41) is 27.2. The third kappa shape index (κ3) is 3.59. The average Bonchev–Trinajstić information content (AvgIpc) is 3.02. The van der Waals surface area contributed by atoms with Crippen LogP contribution in [-0.4, -0.2) is 27.8 Å². The number of benzene rings is 2. The lowest BCUT2D eigenvalue weighted by Crippen LogP contribution is -1.99. The third-order valence-corrected chi connectivity index (χ3v) is 3.60. The van der Waals surface area contributed by atoms with Gasteiger partial charge in [-0.05, 0) is 42.3 Å². The van der Waals surface area contributed by atoms with Gasteiger partial charge < -0.3 is 19.4 Å². The molecule has 0 aliphatic carbocycles. The molecule has 0 saturated carbocycles. The van der Waals surface area contributed by atoms with E-state index in [1.807, 2.05) is 0 Å². The van der Waals surface area contributed by atoms with Gasteiger partial charge in [-0.1, -0.05) is 6.07 Å². The van der Waals surface area contributed by atoms with E-state index in [0.29, 0.717) is 28.8 Å². The van der Waals surface area contributed by atoms with Crippen LogP contribution in [0, 0.1) is 11.3 Å². The normalized spacial score (nSPS) is 10.6. The molecule has 0 saturated heterocycles. The number of carbonyl (C=O) groups is 1. The summed E-state index contributed by atoms with van der Waals surface area (Å²) < 4.78 is 11.1. The van der Waals surface area contributed by atoms with Crippen molar-refractivity contribution in [1.82, 2.24) is 4.98 Å². The molecule has 1 heterocycles. The number of rotatable bonds is 6. The van der Waals surface area contributed by atoms with Gasteiger partial charge in [-0.2, -0.15) is 5.26 Å². The molecule has 0 radical (unpaired) electrons. The van der Waals surface area contributed by atoms with Crippen LogP contribution in [0.4, 0.5) is 0 Å². The van der Waals surface area contributed by atoms with Crippen LogP contribution in [0.15, 0.2) is 40.8 Å². The van der Waals surface area contributed by atoms with E-state index >= 15 is 0 Å². The van der Waals surface area contributed by atoms with Gasteiger partial charge in [0.1, 0.15) is 17.3 Å². The number of hydrogen-bond acceptors (Lipinski definition) is 6. The number of hydrogen-bond donors (Lipinski definition) is 2. The van der Waals surface area contributed by atoms with Gasteiger partial charge in [-0.25, -0.2) is 9.78 Å². The van der Waals surface area contributed by atoms with Gasteiger partial charge in [0.2, 0.25) is 5.89 Å². The summed E-state index contributed by atoms with van der Waals surface area (Å²) in [5.74, 6) is -0.378. The number of oxazole rings is 1. The number of ether oxygens (including phenoxy) is 1. The molecule has 1 aromatic heterocycles. The summed E-state index contributed by atoms with van der Waals surface area (Å²) in [4.78, 5) is 15.2. The third-order valence-electron chi connectivity index (χ3n) is 3.60. The first-order chi connectivity index (χ1) is 12.1. The summed E-state index contributed by atoms with van der Waals surface area (Å²) in [6.45, 7) is 0.0113. The van der Waals surface area contributed by atoms with Gasteiger partial charge in [0.15, 0.2) is 12.2 Å². The van der Waals surface area contributed by atoms with E-state index in [9.17, 15) is 10.1 Å². The maximum atomic E-state index is 11.0. The van der Waals surface area contributed by atoms with E-state index in [1.165, 1.54) is 12.1 Å². The molecule has 3 aromatic rings. The molecule has 2 N–H and O–H groups in total. The Balaban J connectivity index is 1.78. The van der Waals surface area contributed by atoms with E-state index in [4.69, 9.17) is 19.4 Å². The van der Waals surface area contributed by atoms with Crippen molar-refractivity contribution in [3.8, 4) is 11.8 Å². The van der Waals surface area contributed by atoms with Crippen LogP contribution in [0.25, 0.3) is 11.1 Å². The molecule has 0 fully saturated rings. The molecule has 3 rings (SSSR count). The van der Waals surface area contributed by atoms with Crippen LogP contribution >= 0.6 is 0 Å². The number of fused-ring (bicyclic) bond motifs is 1. The summed E-state index contributed by atoms with van der Waals surface area (Å²) in [7, 11) is 0. The largest absolute Gasteiger partial charge is 0.482 e. The number of nitriles is 1. The van der Waals surface area contributed by atoms with Crippen LogP contribution in [0.5, 0.6) is 5.75 Å². The standard InChI is InChI=1S/C18H14N2O5/c19-9-13-7-11(5-6-21)1-4-15(13)24-10-17-20-14-3-2-12(18(22)23)8-16(14)25-17/h1-4,7-8,21H,5-6,10H2,(H,22,23). The lowest BCUT2D eigenvalue weighted by molar-refractivity contribution is 0.0697. The highest BCUT2D eigenvalue weighted by Crippen LogP contribution is 2.22. The molecule has 0 aliphatic heterocycles.